The van der Waals surface area contributed by atoms with Crippen LogP contribution in [-0.2, 0) is 4.74 Å². The van der Waals surface area contributed by atoms with Crippen LogP contribution in [0.3, 0.4) is 0 Å². The van der Waals surface area contributed by atoms with Gasteiger partial charge in [0.2, 0.25) is 0 Å². The van der Waals surface area contributed by atoms with Gasteiger partial charge in [0.25, 0.3) is 0 Å². The number of esters is 1. The van der Waals surface area contributed by atoms with Crippen LogP contribution < -0.4 is 0 Å². The molecule has 0 radical (unpaired) electrons. The van der Waals surface area contributed by atoms with Gasteiger partial charge in [-0.2, -0.15) is 0 Å². The Labute approximate surface area is 77.9 Å². The molecule has 3 nitrogen and oxygen atoms in total. The fraction of sp³-hybridized carbons (Fsp3) is 0.143. The average Bonchev–Trinajstić information content (AvgIpc) is 2.45. The molecule has 0 spiro atoms. The van der Waals surface area contributed by atoms with Crippen LogP contribution >= 0.6 is 22.9 Å². The number of hydrogen-bond donors (Lipinski definition) is 0. The van der Waals surface area contributed by atoms with Gasteiger partial charge in [-0.05, 0) is 6.07 Å². The lowest BCUT2D eigenvalue weighted by Gasteiger charge is -1.93. The summed E-state index contributed by atoms with van der Waals surface area (Å²) in [6.45, 7) is 0. The van der Waals surface area contributed by atoms with Gasteiger partial charge >= 0.3 is 5.97 Å². The van der Waals surface area contributed by atoms with Crippen molar-refractivity contribution >= 4 is 35.2 Å². The quantitative estimate of drug-likeness (QED) is 0.547. The molecule has 0 aromatic carbocycles. The normalized spacial score (nSPS) is 9.50. The van der Waals surface area contributed by atoms with E-state index in [1.54, 1.807) is 0 Å². The van der Waals surface area contributed by atoms with Gasteiger partial charge in [-0.3, -0.25) is 4.79 Å². The van der Waals surface area contributed by atoms with Gasteiger partial charge in [-0.25, -0.2) is 4.79 Å². The zero-order chi connectivity index (χ0) is 9.14. The topological polar surface area (TPSA) is 43.4 Å². The Balaban J connectivity index is 3.07. The van der Waals surface area contributed by atoms with Crippen molar-refractivity contribution in [3.8, 4) is 0 Å². The van der Waals surface area contributed by atoms with Crippen molar-refractivity contribution in [2.45, 2.75) is 0 Å². The lowest BCUT2D eigenvalue weighted by Crippen LogP contribution is -1.99. The molecule has 64 valence electrons. The van der Waals surface area contributed by atoms with Crippen molar-refractivity contribution in [2.75, 3.05) is 7.11 Å². The Morgan fingerprint density at radius 3 is 2.83 bits per heavy atom. The molecule has 0 atom stereocenters. The number of aldehydes is 1. The van der Waals surface area contributed by atoms with E-state index in [4.69, 9.17) is 11.6 Å². The van der Waals surface area contributed by atoms with Crippen molar-refractivity contribution in [1.82, 2.24) is 0 Å². The fourth-order valence-electron chi connectivity index (χ4n) is 0.694. The number of ether oxygens (including phenoxy) is 1. The Morgan fingerprint density at radius 2 is 2.42 bits per heavy atom. The lowest BCUT2D eigenvalue weighted by molar-refractivity contribution is 0.0601. The molecule has 0 fully saturated rings. The van der Waals surface area contributed by atoms with Crippen molar-refractivity contribution < 1.29 is 14.3 Å². The minimum atomic E-state index is -0.524. The lowest BCUT2D eigenvalue weighted by atomic mass is 10.3. The highest BCUT2D eigenvalue weighted by atomic mass is 35.5. The maximum absolute atomic E-state index is 10.9. The molecule has 0 aliphatic rings. The van der Waals surface area contributed by atoms with E-state index < -0.39 is 5.97 Å². The van der Waals surface area contributed by atoms with Crippen molar-refractivity contribution in [2.24, 2.45) is 0 Å². The minimum Gasteiger partial charge on any atom is -0.465 e. The molecule has 1 aromatic heterocycles. The maximum atomic E-state index is 10.9. The molecule has 0 bridgehead atoms. The minimum absolute atomic E-state index is 0.242. The summed E-state index contributed by atoms with van der Waals surface area (Å²) in [5.41, 5.74) is 0.242. The van der Waals surface area contributed by atoms with E-state index in [9.17, 15) is 9.59 Å². The molecule has 0 aliphatic carbocycles. The van der Waals surface area contributed by atoms with Gasteiger partial charge in [-0.15, -0.1) is 11.3 Å². The zero-order valence-electron chi connectivity index (χ0n) is 6.17. The van der Waals surface area contributed by atoms with Crippen molar-refractivity contribution in [3.05, 3.63) is 20.8 Å². The summed E-state index contributed by atoms with van der Waals surface area (Å²) < 4.78 is 4.72. The van der Waals surface area contributed by atoms with Gasteiger partial charge in [0.1, 0.15) is 4.34 Å². The van der Waals surface area contributed by atoms with Gasteiger partial charge in [0, 0.05) is 0 Å². The summed E-state index contributed by atoms with van der Waals surface area (Å²) >= 11 is 6.71. The van der Waals surface area contributed by atoms with Crippen LogP contribution in [0.1, 0.15) is 20.0 Å². The number of methoxy groups -OCH3 is 1. The first kappa shape index (κ1) is 9.22. The molecule has 0 N–H and O–H groups in total. The molecule has 1 rings (SSSR count). The SMILES string of the molecule is COC(=O)c1cc(C=O)sc1Cl. The Kier molecular flexibility index (Phi) is 2.83. The van der Waals surface area contributed by atoms with E-state index in [0.717, 1.165) is 11.3 Å². The van der Waals surface area contributed by atoms with Gasteiger partial charge in [0.05, 0.1) is 17.6 Å². The predicted molar refractivity (Wildman–Crippen MR) is 46.1 cm³/mol. The van der Waals surface area contributed by atoms with Crippen LogP contribution in [0, 0.1) is 0 Å². The van der Waals surface area contributed by atoms with Gasteiger partial charge in [0.15, 0.2) is 6.29 Å². The van der Waals surface area contributed by atoms with E-state index >= 15 is 0 Å². The van der Waals surface area contributed by atoms with Crippen LogP contribution in [0.25, 0.3) is 0 Å². The fourth-order valence-corrected chi connectivity index (χ4v) is 1.78. The zero-order valence-corrected chi connectivity index (χ0v) is 7.74. The number of carbonyl (C=O) groups excluding carboxylic acids is 2. The molecule has 12 heavy (non-hydrogen) atoms. The van der Waals surface area contributed by atoms with Gasteiger partial charge in [-0.1, -0.05) is 11.6 Å². The van der Waals surface area contributed by atoms with Gasteiger partial charge < -0.3 is 4.74 Å². The highest BCUT2D eigenvalue weighted by Crippen LogP contribution is 2.26. The molecule has 5 heteroatoms. The smallest absolute Gasteiger partial charge is 0.340 e. The molecule has 0 aliphatic heterocycles. The highest BCUT2D eigenvalue weighted by Gasteiger charge is 2.14. The van der Waals surface area contributed by atoms with Crippen LogP contribution in [0.5, 0.6) is 0 Å². The first-order chi connectivity index (χ1) is 5.69. The molecular formula is C7H5ClO3S. The summed E-state index contributed by atoms with van der Waals surface area (Å²) in [5, 5.41) is 0. The Bertz CT molecular complexity index is 318. The number of carbonyl (C=O) groups is 2. The van der Waals surface area contributed by atoms with Crippen molar-refractivity contribution in [1.29, 1.82) is 0 Å². The molecule has 1 aromatic rings. The number of halogens is 1. The summed E-state index contributed by atoms with van der Waals surface area (Å²) in [4.78, 5) is 21.6. The Hall–Kier alpha value is -0.870. The third-order valence-electron chi connectivity index (χ3n) is 1.23. The highest BCUT2D eigenvalue weighted by molar-refractivity contribution is 7.18. The molecule has 0 amide bonds. The number of hydrogen-bond acceptors (Lipinski definition) is 4. The summed E-state index contributed by atoms with van der Waals surface area (Å²) in [6, 6.07) is 1.41. The van der Waals surface area contributed by atoms with Crippen molar-refractivity contribution in [3.63, 3.8) is 0 Å². The molecule has 1 heterocycles. The molecule has 0 saturated heterocycles. The summed E-state index contributed by atoms with van der Waals surface area (Å²) in [7, 11) is 1.26. The van der Waals surface area contributed by atoms with E-state index in [1.165, 1.54) is 13.2 Å². The summed E-state index contributed by atoms with van der Waals surface area (Å²) in [6.07, 6.45) is 0.642. The predicted octanol–water partition coefficient (Wildman–Crippen LogP) is 2.00. The first-order valence-electron chi connectivity index (χ1n) is 3.02. The van der Waals surface area contributed by atoms with Crippen LogP contribution in [0.2, 0.25) is 4.34 Å². The third-order valence-corrected chi connectivity index (χ3v) is 2.51. The Morgan fingerprint density at radius 1 is 1.75 bits per heavy atom. The second kappa shape index (κ2) is 3.69. The van der Waals surface area contributed by atoms with E-state index in [2.05, 4.69) is 4.74 Å². The van der Waals surface area contributed by atoms with Crippen LogP contribution in [0.15, 0.2) is 6.07 Å². The summed E-state index contributed by atoms with van der Waals surface area (Å²) in [5.74, 6) is -0.524. The molecule has 0 unspecified atom stereocenters. The largest absolute Gasteiger partial charge is 0.465 e. The first-order valence-corrected chi connectivity index (χ1v) is 4.21. The standard InChI is InChI=1S/C7H5ClO3S/c1-11-7(10)5-2-4(3-9)12-6(5)8/h2-3H,1H3. The van der Waals surface area contributed by atoms with E-state index in [-0.39, 0.29) is 9.90 Å². The van der Waals surface area contributed by atoms with Crippen LogP contribution in [-0.4, -0.2) is 19.4 Å². The second-order valence-electron chi connectivity index (χ2n) is 1.95. The van der Waals surface area contributed by atoms with E-state index in [1.807, 2.05) is 0 Å². The molecular weight excluding hydrogens is 200 g/mol. The number of thiophene rings is 1. The maximum Gasteiger partial charge on any atom is 0.340 e. The monoisotopic (exact) mass is 204 g/mol. The van der Waals surface area contributed by atoms with E-state index in [0.29, 0.717) is 11.2 Å². The second-order valence-corrected chi connectivity index (χ2v) is 3.63. The van der Waals surface area contributed by atoms with Crippen LogP contribution in [0.4, 0.5) is 0 Å². The average molecular weight is 205 g/mol. The molecule has 0 saturated carbocycles. The third kappa shape index (κ3) is 1.65. The number of rotatable bonds is 2.